The third kappa shape index (κ3) is 1.45. The van der Waals surface area contributed by atoms with Crippen molar-refractivity contribution in [2.45, 2.75) is 51.2 Å². The van der Waals surface area contributed by atoms with E-state index < -0.39 is 6.10 Å². The number of aromatic hydroxyl groups is 1. The van der Waals surface area contributed by atoms with Crippen LogP contribution >= 0.6 is 0 Å². The van der Waals surface area contributed by atoms with Crippen LogP contribution in [0.1, 0.15) is 48.5 Å². The molecule has 1 saturated carbocycles. The van der Waals surface area contributed by atoms with Crippen LogP contribution in [0.3, 0.4) is 0 Å². The number of phenols is 1. The van der Waals surface area contributed by atoms with Crippen molar-refractivity contribution in [3.05, 3.63) is 22.8 Å². The molecular weight excluding hydrogens is 216 g/mol. The third-order valence-electron chi connectivity index (χ3n) is 4.35. The number of hydrogen-bond donors (Lipinski definition) is 2. The van der Waals surface area contributed by atoms with E-state index in [-0.39, 0.29) is 11.4 Å². The van der Waals surface area contributed by atoms with E-state index in [0.29, 0.717) is 6.42 Å². The summed E-state index contributed by atoms with van der Waals surface area (Å²) in [7, 11) is 0. The minimum absolute atomic E-state index is 0.138. The van der Waals surface area contributed by atoms with Crippen LogP contribution in [0.25, 0.3) is 0 Å². The number of aliphatic hydroxyl groups excluding tert-OH is 1. The van der Waals surface area contributed by atoms with Crippen LogP contribution in [0.15, 0.2) is 6.07 Å². The van der Waals surface area contributed by atoms with E-state index in [1.54, 1.807) is 6.07 Å². The molecule has 1 fully saturated rings. The van der Waals surface area contributed by atoms with E-state index in [1.165, 1.54) is 6.42 Å². The van der Waals surface area contributed by atoms with Crippen molar-refractivity contribution in [1.29, 1.82) is 0 Å². The van der Waals surface area contributed by atoms with Crippen LogP contribution < -0.4 is 4.74 Å². The Balaban J connectivity index is 2.12. The Bertz CT molecular complexity index is 475. The molecule has 3 heteroatoms. The Morgan fingerprint density at radius 1 is 1.29 bits per heavy atom. The lowest BCUT2D eigenvalue weighted by molar-refractivity contribution is -0.0669. The van der Waals surface area contributed by atoms with Gasteiger partial charge in [0.25, 0.3) is 0 Å². The molecule has 0 amide bonds. The first-order valence-corrected chi connectivity index (χ1v) is 6.22. The molecule has 0 aromatic heterocycles. The first-order valence-electron chi connectivity index (χ1n) is 6.22. The fourth-order valence-electron chi connectivity index (χ4n) is 2.88. The molecule has 1 aromatic rings. The highest BCUT2D eigenvalue weighted by atomic mass is 16.5. The molecule has 3 nitrogen and oxygen atoms in total. The summed E-state index contributed by atoms with van der Waals surface area (Å²) in [5.74, 6) is 1.03. The van der Waals surface area contributed by atoms with Gasteiger partial charge in [-0.2, -0.15) is 0 Å². The first-order chi connectivity index (χ1) is 8.02. The SMILES string of the molecule is Cc1c(O)cc2c(c1C)OC1(CCC1)CC2O. The zero-order valence-electron chi connectivity index (χ0n) is 10.3. The maximum Gasteiger partial charge on any atom is 0.129 e. The minimum atomic E-state index is -0.510. The van der Waals surface area contributed by atoms with Crippen molar-refractivity contribution in [2.24, 2.45) is 0 Å². The molecule has 17 heavy (non-hydrogen) atoms. The van der Waals surface area contributed by atoms with E-state index in [1.807, 2.05) is 13.8 Å². The molecule has 1 aliphatic carbocycles. The smallest absolute Gasteiger partial charge is 0.129 e. The van der Waals surface area contributed by atoms with Crippen LogP contribution in [0, 0.1) is 13.8 Å². The van der Waals surface area contributed by atoms with Gasteiger partial charge in [0.05, 0.1) is 6.10 Å². The summed E-state index contributed by atoms with van der Waals surface area (Å²) in [6, 6.07) is 1.65. The van der Waals surface area contributed by atoms with Gasteiger partial charge in [-0.05, 0) is 50.3 Å². The highest BCUT2D eigenvalue weighted by Gasteiger charge is 2.45. The molecule has 0 bridgehead atoms. The zero-order chi connectivity index (χ0) is 12.2. The summed E-state index contributed by atoms with van der Waals surface area (Å²) >= 11 is 0. The Morgan fingerprint density at radius 2 is 2.00 bits per heavy atom. The fraction of sp³-hybridized carbons (Fsp3) is 0.571. The molecule has 1 heterocycles. The van der Waals surface area contributed by atoms with Crippen molar-refractivity contribution in [3.8, 4) is 11.5 Å². The second-order valence-electron chi connectivity index (χ2n) is 5.42. The van der Waals surface area contributed by atoms with Crippen molar-refractivity contribution in [1.82, 2.24) is 0 Å². The number of rotatable bonds is 0. The average Bonchev–Trinajstić information content (AvgIpc) is 2.25. The van der Waals surface area contributed by atoms with Crippen LogP contribution in [0.5, 0.6) is 11.5 Å². The standard InChI is InChI=1S/C14H18O3/c1-8-9(2)13-10(6-11(8)15)12(16)7-14(17-13)4-3-5-14/h6,12,15-16H,3-5,7H2,1-2H3. The quantitative estimate of drug-likeness (QED) is 0.725. The largest absolute Gasteiger partial charge is 0.508 e. The van der Waals surface area contributed by atoms with E-state index in [4.69, 9.17) is 4.74 Å². The second kappa shape index (κ2) is 3.39. The van der Waals surface area contributed by atoms with Gasteiger partial charge in [-0.1, -0.05) is 0 Å². The molecule has 1 unspecified atom stereocenters. The molecular formula is C14H18O3. The van der Waals surface area contributed by atoms with Gasteiger partial charge in [-0.25, -0.2) is 0 Å². The third-order valence-corrected chi connectivity index (χ3v) is 4.35. The van der Waals surface area contributed by atoms with Gasteiger partial charge in [0.1, 0.15) is 17.1 Å². The summed E-state index contributed by atoms with van der Waals surface area (Å²) in [5.41, 5.74) is 2.39. The maximum absolute atomic E-state index is 10.2. The van der Waals surface area contributed by atoms with Crippen LogP contribution in [-0.4, -0.2) is 15.8 Å². The van der Waals surface area contributed by atoms with Gasteiger partial charge in [-0.3, -0.25) is 0 Å². The summed E-state index contributed by atoms with van der Waals surface area (Å²) in [4.78, 5) is 0. The number of ether oxygens (including phenoxy) is 1. The predicted octanol–water partition coefficient (Wildman–Crippen LogP) is 2.75. The minimum Gasteiger partial charge on any atom is -0.508 e. The molecule has 1 aromatic carbocycles. The van der Waals surface area contributed by atoms with Gasteiger partial charge in [0.2, 0.25) is 0 Å². The highest BCUT2D eigenvalue weighted by molar-refractivity contribution is 5.54. The molecule has 0 saturated heterocycles. The van der Waals surface area contributed by atoms with Crippen LogP contribution in [0.4, 0.5) is 0 Å². The molecule has 1 spiro atoms. The van der Waals surface area contributed by atoms with Crippen molar-refractivity contribution in [3.63, 3.8) is 0 Å². The normalized spacial score (nSPS) is 25.0. The van der Waals surface area contributed by atoms with Crippen molar-refractivity contribution in [2.75, 3.05) is 0 Å². The summed E-state index contributed by atoms with van der Waals surface area (Å²) < 4.78 is 6.12. The molecule has 1 aliphatic heterocycles. The zero-order valence-corrected chi connectivity index (χ0v) is 10.3. The van der Waals surface area contributed by atoms with Gasteiger partial charge < -0.3 is 14.9 Å². The molecule has 92 valence electrons. The van der Waals surface area contributed by atoms with Gasteiger partial charge in [0.15, 0.2) is 0 Å². The molecule has 2 N–H and O–H groups in total. The summed E-state index contributed by atoms with van der Waals surface area (Å²) in [5, 5.41) is 20.0. The lowest BCUT2D eigenvalue weighted by Crippen LogP contribution is -2.47. The van der Waals surface area contributed by atoms with Crippen LogP contribution in [0.2, 0.25) is 0 Å². The Morgan fingerprint density at radius 3 is 2.59 bits per heavy atom. The Hall–Kier alpha value is -1.22. The van der Waals surface area contributed by atoms with E-state index in [0.717, 1.165) is 35.3 Å². The Labute approximate surface area is 101 Å². The molecule has 2 aliphatic rings. The first kappa shape index (κ1) is 10.9. The van der Waals surface area contributed by atoms with Gasteiger partial charge in [0, 0.05) is 12.0 Å². The number of fused-ring (bicyclic) bond motifs is 1. The molecule has 3 rings (SSSR count). The molecule has 1 atom stereocenters. The van der Waals surface area contributed by atoms with Crippen molar-refractivity contribution >= 4 is 0 Å². The topological polar surface area (TPSA) is 49.7 Å². The Kier molecular flexibility index (Phi) is 2.17. The number of hydrogen-bond acceptors (Lipinski definition) is 3. The maximum atomic E-state index is 10.2. The monoisotopic (exact) mass is 234 g/mol. The number of phenolic OH excluding ortho intramolecular Hbond substituents is 1. The van der Waals surface area contributed by atoms with E-state index in [9.17, 15) is 10.2 Å². The van der Waals surface area contributed by atoms with Gasteiger partial charge in [-0.15, -0.1) is 0 Å². The predicted molar refractivity (Wildman–Crippen MR) is 64.4 cm³/mol. The van der Waals surface area contributed by atoms with E-state index >= 15 is 0 Å². The molecule has 0 radical (unpaired) electrons. The van der Waals surface area contributed by atoms with Crippen LogP contribution in [-0.2, 0) is 0 Å². The lowest BCUT2D eigenvalue weighted by atomic mass is 9.73. The van der Waals surface area contributed by atoms with E-state index in [2.05, 4.69) is 0 Å². The average molecular weight is 234 g/mol. The summed E-state index contributed by atoms with van der Waals surface area (Å²) in [6.07, 6.45) is 3.38. The fourth-order valence-corrected chi connectivity index (χ4v) is 2.88. The number of aliphatic hydroxyl groups is 1. The lowest BCUT2D eigenvalue weighted by Gasteiger charge is -2.47. The summed E-state index contributed by atoms with van der Waals surface area (Å²) in [6.45, 7) is 3.82. The van der Waals surface area contributed by atoms with Gasteiger partial charge >= 0.3 is 0 Å². The van der Waals surface area contributed by atoms with Crippen molar-refractivity contribution < 1.29 is 14.9 Å². The number of benzene rings is 1. The second-order valence-corrected chi connectivity index (χ2v) is 5.42. The highest BCUT2D eigenvalue weighted by Crippen LogP contribution is 2.51.